The van der Waals surface area contributed by atoms with E-state index in [2.05, 4.69) is 25.3 Å². The molecule has 1 fully saturated rings. The fourth-order valence-corrected chi connectivity index (χ4v) is 5.87. The van der Waals surface area contributed by atoms with E-state index in [1.165, 1.54) is 13.2 Å². The number of fused-ring (bicyclic) bond motifs is 1. The molecule has 0 unspecified atom stereocenters. The minimum Gasteiger partial charge on any atom is -0.495 e. The van der Waals surface area contributed by atoms with Gasteiger partial charge in [0, 0.05) is 44.4 Å². The molecule has 14 heteroatoms. The molecular formula is C34H49N7O7. The highest BCUT2D eigenvalue weighted by molar-refractivity contribution is 6.04. The minimum absolute atomic E-state index is 0.0664. The molecule has 1 atom stereocenters. The standard InChI is InChI=1S/C34H49N7O7/c1-6-27-33(44)40(3)28-23-36-34(38-31(28)41(27)25-10-7-8-11-25)37-26-14-13-24(22-29(26)45-4)32(43)35-15-18-47-20-21-48-19-17-39(2)16-9-12-30(42)46-5/h9,12-14,22-23,25,27H,6-8,10-11,15-21H2,1-5H3,(H,35,43)(H,36,37,38)/b12-9+/t27-/m1/s1. The average molecular weight is 668 g/mol. The van der Waals surface area contributed by atoms with Crippen molar-refractivity contribution in [2.75, 3.05) is 89.5 Å². The van der Waals surface area contributed by atoms with Gasteiger partial charge in [-0.1, -0.05) is 25.8 Å². The molecule has 2 heterocycles. The van der Waals surface area contributed by atoms with Crippen molar-refractivity contribution < 1.29 is 33.3 Å². The van der Waals surface area contributed by atoms with Gasteiger partial charge in [-0.25, -0.2) is 9.78 Å². The normalized spacial score (nSPS) is 16.5. The third-order valence-corrected chi connectivity index (χ3v) is 8.52. The summed E-state index contributed by atoms with van der Waals surface area (Å²) in [6.07, 6.45) is 9.89. The van der Waals surface area contributed by atoms with Crippen LogP contribution >= 0.6 is 0 Å². The van der Waals surface area contributed by atoms with Crippen LogP contribution in [0.5, 0.6) is 5.75 Å². The highest BCUT2D eigenvalue weighted by Gasteiger charge is 2.41. The number of likely N-dealkylation sites (N-methyl/N-ethyl adjacent to an activating group) is 2. The van der Waals surface area contributed by atoms with E-state index in [1.54, 1.807) is 49.5 Å². The molecule has 1 saturated carbocycles. The highest BCUT2D eigenvalue weighted by atomic mass is 16.5. The summed E-state index contributed by atoms with van der Waals surface area (Å²) in [4.78, 5) is 52.4. The number of benzene rings is 1. The van der Waals surface area contributed by atoms with Crippen LogP contribution in [0.15, 0.2) is 36.5 Å². The van der Waals surface area contributed by atoms with E-state index in [0.29, 0.717) is 81.1 Å². The number of nitrogens with one attached hydrogen (secondary N) is 2. The first-order chi connectivity index (χ1) is 23.3. The molecule has 0 spiro atoms. The first-order valence-electron chi connectivity index (χ1n) is 16.5. The first kappa shape index (κ1) is 36.6. The van der Waals surface area contributed by atoms with E-state index in [1.807, 2.05) is 18.9 Å². The Balaban J connectivity index is 1.24. The Morgan fingerprint density at radius 1 is 1.10 bits per heavy atom. The number of ether oxygens (including phenoxy) is 4. The van der Waals surface area contributed by atoms with Crippen LogP contribution in [-0.4, -0.2) is 119 Å². The molecule has 2 aromatic rings. The molecule has 1 aromatic carbocycles. The SMILES string of the molecule is CC[C@@H]1C(=O)N(C)c2cnc(Nc3ccc(C(=O)NCCOCCOCCN(C)C/C=C/C(=O)OC)cc3OC)nc2N1C1CCCC1. The number of esters is 1. The van der Waals surface area contributed by atoms with Crippen molar-refractivity contribution >= 4 is 40.9 Å². The Bertz CT molecular complexity index is 1420. The van der Waals surface area contributed by atoms with E-state index in [9.17, 15) is 14.4 Å². The summed E-state index contributed by atoms with van der Waals surface area (Å²) >= 11 is 0. The molecule has 48 heavy (non-hydrogen) atoms. The number of carbonyl (C=O) groups is 3. The number of carbonyl (C=O) groups excluding carboxylic acids is 3. The zero-order chi connectivity index (χ0) is 34.5. The molecule has 0 bridgehead atoms. The van der Waals surface area contributed by atoms with Crippen molar-refractivity contribution in [3.63, 3.8) is 0 Å². The molecule has 14 nitrogen and oxygen atoms in total. The summed E-state index contributed by atoms with van der Waals surface area (Å²) in [6.45, 7) is 5.42. The number of amides is 2. The van der Waals surface area contributed by atoms with E-state index in [4.69, 9.17) is 19.2 Å². The van der Waals surface area contributed by atoms with Gasteiger partial charge in [0.05, 0.1) is 52.5 Å². The summed E-state index contributed by atoms with van der Waals surface area (Å²) in [5.74, 6) is 1.04. The third kappa shape index (κ3) is 9.64. The number of hydrogen-bond donors (Lipinski definition) is 2. The third-order valence-electron chi connectivity index (χ3n) is 8.52. The van der Waals surface area contributed by atoms with Crippen LogP contribution in [0.25, 0.3) is 0 Å². The maximum Gasteiger partial charge on any atom is 0.330 e. The van der Waals surface area contributed by atoms with E-state index in [0.717, 1.165) is 31.5 Å². The predicted octanol–water partition coefficient (Wildman–Crippen LogP) is 3.16. The minimum atomic E-state index is -0.374. The van der Waals surface area contributed by atoms with Crippen LogP contribution in [0.2, 0.25) is 0 Å². The lowest BCUT2D eigenvalue weighted by molar-refractivity contribution is -0.134. The zero-order valence-corrected chi connectivity index (χ0v) is 28.7. The van der Waals surface area contributed by atoms with Gasteiger partial charge in [0.1, 0.15) is 17.5 Å². The number of nitrogens with zero attached hydrogens (tertiary/aromatic N) is 5. The van der Waals surface area contributed by atoms with Crippen molar-refractivity contribution in [3.05, 3.63) is 42.1 Å². The second-order valence-electron chi connectivity index (χ2n) is 11.8. The number of methoxy groups -OCH3 is 2. The number of hydrogen-bond acceptors (Lipinski definition) is 12. The maximum atomic E-state index is 13.2. The zero-order valence-electron chi connectivity index (χ0n) is 28.7. The van der Waals surface area contributed by atoms with Gasteiger partial charge >= 0.3 is 5.97 Å². The van der Waals surface area contributed by atoms with Gasteiger partial charge in [-0.15, -0.1) is 0 Å². The summed E-state index contributed by atoms with van der Waals surface area (Å²) in [7, 11) is 6.60. The second kappa shape index (κ2) is 18.3. The predicted molar refractivity (Wildman–Crippen MR) is 183 cm³/mol. The molecule has 1 aliphatic heterocycles. The van der Waals surface area contributed by atoms with Crippen LogP contribution in [-0.2, 0) is 23.8 Å². The molecule has 2 N–H and O–H groups in total. The largest absolute Gasteiger partial charge is 0.495 e. The fraction of sp³-hybridized carbons (Fsp3) is 0.559. The van der Waals surface area contributed by atoms with Crippen molar-refractivity contribution in [2.24, 2.45) is 0 Å². The molecule has 262 valence electrons. The molecule has 1 aromatic heterocycles. The van der Waals surface area contributed by atoms with Crippen LogP contribution in [0, 0.1) is 0 Å². The molecule has 0 radical (unpaired) electrons. The summed E-state index contributed by atoms with van der Waals surface area (Å²) in [6, 6.07) is 5.15. The van der Waals surface area contributed by atoms with Crippen LogP contribution in [0.1, 0.15) is 49.4 Å². The van der Waals surface area contributed by atoms with Gasteiger partial charge < -0.3 is 44.3 Å². The molecule has 2 amide bonds. The van der Waals surface area contributed by atoms with Crippen molar-refractivity contribution in [1.29, 1.82) is 0 Å². The van der Waals surface area contributed by atoms with Crippen molar-refractivity contribution in [1.82, 2.24) is 20.2 Å². The quantitative estimate of drug-likeness (QED) is 0.137. The van der Waals surface area contributed by atoms with Gasteiger partial charge in [0.2, 0.25) is 11.9 Å². The molecule has 1 aliphatic carbocycles. The van der Waals surface area contributed by atoms with E-state index in [-0.39, 0.29) is 29.9 Å². The Labute approximate surface area is 282 Å². The van der Waals surface area contributed by atoms with Gasteiger partial charge in [-0.05, 0) is 44.5 Å². The summed E-state index contributed by atoms with van der Waals surface area (Å²) in [5.41, 5.74) is 1.75. The highest BCUT2D eigenvalue weighted by Crippen LogP contribution is 2.40. The lowest BCUT2D eigenvalue weighted by Crippen LogP contribution is -2.55. The number of rotatable bonds is 18. The van der Waals surface area contributed by atoms with E-state index < -0.39 is 0 Å². The molecule has 2 aliphatic rings. The summed E-state index contributed by atoms with van der Waals surface area (Å²) < 4.78 is 21.3. The van der Waals surface area contributed by atoms with Crippen molar-refractivity contribution in [2.45, 2.75) is 51.1 Å². The van der Waals surface area contributed by atoms with Crippen LogP contribution in [0.4, 0.5) is 23.1 Å². The first-order valence-corrected chi connectivity index (χ1v) is 16.5. The smallest absolute Gasteiger partial charge is 0.330 e. The average Bonchev–Trinajstić information content (AvgIpc) is 3.63. The lowest BCUT2D eigenvalue weighted by atomic mass is 10.0. The van der Waals surface area contributed by atoms with Crippen molar-refractivity contribution in [3.8, 4) is 5.75 Å². The number of aromatic nitrogens is 2. The molecule has 4 rings (SSSR count). The summed E-state index contributed by atoms with van der Waals surface area (Å²) in [5, 5.41) is 6.11. The Morgan fingerprint density at radius 3 is 2.56 bits per heavy atom. The van der Waals surface area contributed by atoms with Gasteiger partial charge in [-0.3, -0.25) is 9.59 Å². The Hall–Kier alpha value is -4.27. The fourth-order valence-electron chi connectivity index (χ4n) is 5.87. The second-order valence-corrected chi connectivity index (χ2v) is 11.8. The maximum absolute atomic E-state index is 13.2. The number of anilines is 4. The van der Waals surface area contributed by atoms with Gasteiger partial charge in [0.25, 0.3) is 5.91 Å². The molecular weight excluding hydrogens is 618 g/mol. The monoisotopic (exact) mass is 667 g/mol. The van der Waals surface area contributed by atoms with Gasteiger partial charge in [0.15, 0.2) is 5.82 Å². The lowest BCUT2D eigenvalue weighted by Gasteiger charge is -2.43. The van der Waals surface area contributed by atoms with Crippen LogP contribution in [0.3, 0.4) is 0 Å². The topological polar surface area (TPSA) is 148 Å². The van der Waals surface area contributed by atoms with Crippen LogP contribution < -0.4 is 25.2 Å². The Morgan fingerprint density at radius 2 is 1.85 bits per heavy atom. The molecule has 0 saturated heterocycles. The van der Waals surface area contributed by atoms with Gasteiger partial charge in [-0.2, -0.15) is 4.98 Å². The Kier molecular flexibility index (Phi) is 14.0. The van der Waals surface area contributed by atoms with E-state index >= 15 is 0 Å².